The Morgan fingerprint density at radius 3 is 2.70 bits per heavy atom. The average Bonchev–Trinajstić information content (AvgIpc) is 2.75. The maximum absolute atomic E-state index is 12.5. The van der Waals surface area contributed by atoms with Crippen LogP contribution in [0.2, 0.25) is 0 Å². The molecule has 20 heavy (non-hydrogen) atoms. The van der Waals surface area contributed by atoms with E-state index in [-0.39, 0.29) is 24.2 Å². The maximum atomic E-state index is 12.5. The zero-order valence-electron chi connectivity index (χ0n) is 11.1. The lowest BCUT2D eigenvalue weighted by molar-refractivity contribution is -0.138. The number of rotatable bonds is 4. The highest BCUT2D eigenvalue weighted by molar-refractivity contribution is 9.10. The Balaban J connectivity index is 2.23. The number of hydrogen-bond donors (Lipinski definition) is 1. The Hall–Kier alpha value is -1.41. The molecule has 1 aromatic heterocycles. The summed E-state index contributed by atoms with van der Waals surface area (Å²) in [6.07, 6.45) is 2.95. The Morgan fingerprint density at radius 2 is 2.20 bits per heavy atom. The predicted molar refractivity (Wildman–Crippen MR) is 73.4 cm³/mol. The largest absolute Gasteiger partial charge is 0.480 e. The number of carboxylic acids is 1. The second kappa shape index (κ2) is 6.36. The van der Waals surface area contributed by atoms with Gasteiger partial charge in [0.25, 0.3) is 5.91 Å². The Kier molecular flexibility index (Phi) is 4.77. The number of halogens is 1. The first-order valence-corrected chi connectivity index (χ1v) is 7.08. The van der Waals surface area contributed by atoms with E-state index < -0.39 is 5.97 Å². The number of aliphatic carboxylic acids is 1. The smallest absolute Gasteiger partial charge is 0.323 e. The molecular weight excluding hydrogens is 330 g/mol. The third-order valence-corrected chi connectivity index (χ3v) is 3.77. The van der Waals surface area contributed by atoms with Gasteiger partial charge in [-0.15, -0.1) is 0 Å². The number of aryl methyl sites for hydroxylation is 1. The monoisotopic (exact) mass is 345 g/mol. The van der Waals surface area contributed by atoms with Crippen molar-refractivity contribution in [3.05, 3.63) is 16.4 Å². The summed E-state index contributed by atoms with van der Waals surface area (Å²) in [6, 6.07) is -0.124. The van der Waals surface area contributed by atoms with Crippen molar-refractivity contribution in [3.63, 3.8) is 0 Å². The molecule has 0 aromatic carbocycles. The van der Waals surface area contributed by atoms with Crippen molar-refractivity contribution in [2.75, 3.05) is 19.8 Å². The molecule has 110 valence electrons. The summed E-state index contributed by atoms with van der Waals surface area (Å²) in [4.78, 5) is 24.9. The molecule has 1 amide bonds. The summed E-state index contributed by atoms with van der Waals surface area (Å²) < 4.78 is 7.33. The number of ether oxygens (including phenoxy) is 1. The normalized spacial score (nSPS) is 16.1. The first-order chi connectivity index (χ1) is 9.49. The average molecular weight is 346 g/mol. The molecule has 2 heterocycles. The van der Waals surface area contributed by atoms with Gasteiger partial charge in [0.2, 0.25) is 0 Å². The van der Waals surface area contributed by atoms with Gasteiger partial charge in [0.15, 0.2) is 5.69 Å². The number of amides is 1. The minimum absolute atomic E-state index is 0.124. The molecule has 2 rings (SSSR count). The zero-order chi connectivity index (χ0) is 14.7. The van der Waals surface area contributed by atoms with Crippen molar-refractivity contribution in [2.45, 2.75) is 18.9 Å². The lowest BCUT2D eigenvalue weighted by Gasteiger charge is -2.32. The molecule has 0 atom stereocenters. The van der Waals surface area contributed by atoms with Crippen LogP contribution >= 0.6 is 15.9 Å². The van der Waals surface area contributed by atoms with Gasteiger partial charge in [0.05, 0.1) is 4.47 Å². The van der Waals surface area contributed by atoms with Crippen LogP contribution in [0.15, 0.2) is 10.7 Å². The molecule has 1 aromatic rings. The van der Waals surface area contributed by atoms with Crippen LogP contribution in [0.5, 0.6) is 0 Å². The first-order valence-electron chi connectivity index (χ1n) is 6.28. The number of aromatic nitrogens is 2. The molecule has 1 N–H and O–H groups in total. The van der Waals surface area contributed by atoms with Crippen LogP contribution in [0.4, 0.5) is 0 Å². The Bertz CT molecular complexity index is 511. The molecule has 0 spiro atoms. The van der Waals surface area contributed by atoms with Crippen molar-refractivity contribution < 1.29 is 19.4 Å². The zero-order valence-corrected chi connectivity index (χ0v) is 12.7. The number of carbonyl (C=O) groups excluding carboxylic acids is 1. The van der Waals surface area contributed by atoms with Crippen molar-refractivity contribution in [3.8, 4) is 0 Å². The predicted octanol–water partition coefficient (Wildman–Crippen LogP) is 0.888. The van der Waals surface area contributed by atoms with Gasteiger partial charge in [-0.3, -0.25) is 14.3 Å². The fourth-order valence-electron chi connectivity index (χ4n) is 2.25. The van der Waals surface area contributed by atoms with E-state index in [4.69, 9.17) is 9.84 Å². The number of hydrogen-bond acceptors (Lipinski definition) is 4. The van der Waals surface area contributed by atoms with Gasteiger partial charge in [0.1, 0.15) is 6.54 Å². The number of carbonyl (C=O) groups is 2. The van der Waals surface area contributed by atoms with E-state index >= 15 is 0 Å². The standard InChI is InChI=1S/C12H16BrN3O4/c1-15-6-9(13)11(14-15)12(19)16(7-10(17)18)8-2-4-20-5-3-8/h6,8H,2-5,7H2,1H3,(H,17,18). The number of carboxylic acid groups (broad SMARTS) is 1. The van der Waals surface area contributed by atoms with Crippen molar-refractivity contribution in [2.24, 2.45) is 7.05 Å². The molecular formula is C12H16BrN3O4. The van der Waals surface area contributed by atoms with Crippen molar-refractivity contribution >= 4 is 27.8 Å². The van der Waals surface area contributed by atoms with Crippen LogP contribution in [-0.4, -0.2) is 57.5 Å². The van der Waals surface area contributed by atoms with E-state index in [1.165, 1.54) is 9.58 Å². The minimum Gasteiger partial charge on any atom is -0.480 e. The topological polar surface area (TPSA) is 84.7 Å². The number of nitrogens with zero attached hydrogens (tertiary/aromatic N) is 3. The van der Waals surface area contributed by atoms with E-state index in [0.717, 1.165) is 0 Å². The highest BCUT2D eigenvalue weighted by Gasteiger charge is 2.30. The van der Waals surface area contributed by atoms with Gasteiger partial charge < -0.3 is 14.7 Å². The highest BCUT2D eigenvalue weighted by Crippen LogP contribution is 2.21. The summed E-state index contributed by atoms with van der Waals surface area (Å²) in [6.45, 7) is 0.751. The van der Waals surface area contributed by atoms with E-state index in [2.05, 4.69) is 21.0 Å². The third-order valence-electron chi connectivity index (χ3n) is 3.18. The summed E-state index contributed by atoms with van der Waals surface area (Å²) in [7, 11) is 1.71. The Labute approximate surface area is 124 Å². The van der Waals surface area contributed by atoms with Gasteiger partial charge in [-0.25, -0.2) is 0 Å². The fourth-order valence-corrected chi connectivity index (χ4v) is 2.79. The SMILES string of the molecule is Cn1cc(Br)c(C(=O)N(CC(=O)O)C2CCOCC2)n1. The lowest BCUT2D eigenvalue weighted by Crippen LogP contribution is -2.46. The van der Waals surface area contributed by atoms with Crippen LogP contribution in [0.3, 0.4) is 0 Å². The fraction of sp³-hybridized carbons (Fsp3) is 0.583. The Morgan fingerprint density at radius 1 is 1.55 bits per heavy atom. The van der Waals surface area contributed by atoms with Crippen LogP contribution < -0.4 is 0 Å². The minimum atomic E-state index is -1.03. The molecule has 1 aliphatic heterocycles. The van der Waals surface area contributed by atoms with E-state index in [0.29, 0.717) is 30.5 Å². The van der Waals surface area contributed by atoms with Gasteiger partial charge >= 0.3 is 5.97 Å². The first kappa shape index (κ1) is 15.0. The van der Waals surface area contributed by atoms with Crippen LogP contribution in [0.1, 0.15) is 23.3 Å². The molecule has 0 radical (unpaired) electrons. The molecule has 1 aliphatic rings. The second-order valence-corrected chi connectivity index (χ2v) is 5.52. The van der Waals surface area contributed by atoms with E-state index in [1.807, 2.05) is 0 Å². The molecule has 0 aliphatic carbocycles. The van der Waals surface area contributed by atoms with Gasteiger partial charge in [-0.1, -0.05) is 0 Å². The van der Waals surface area contributed by atoms with E-state index in [1.54, 1.807) is 13.2 Å². The molecule has 1 fully saturated rings. The molecule has 0 saturated carbocycles. The van der Waals surface area contributed by atoms with Crippen molar-refractivity contribution in [1.29, 1.82) is 0 Å². The summed E-state index contributed by atoms with van der Waals surface area (Å²) in [5.41, 5.74) is 0.236. The van der Waals surface area contributed by atoms with Gasteiger partial charge in [-0.2, -0.15) is 5.10 Å². The summed E-state index contributed by atoms with van der Waals surface area (Å²) in [5.74, 6) is -1.40. The van der Waals surface area contributed by atoms with E-state index in [9.17, 15) is 9.59 Å². The molecule has 1 saturated heterocycles. The molecule has 0 bridgehead atoms. The quantitative estimate of drug-likeness (QED) is 0.875. The van der Waals surface area contributed by atoms with Crippen molar-refractivity contribution in [1.82, 2.24) is 14.7 Å². The van der Waals surface area contributed by atoms with Gasteiger partial charge in [0, 0.05) is 32.5 Å². The second-order valence-electron chi connectivity index (χ2n) is 4.67. The third kappa shape index (κ3) is 3.37. The summed E-state index contributed by atoms with van der Waals surface area (Å²) in [5, 5.41) is 13.1. The summed E-state index contributed by atoms with van der Waals surface area (Å²) >= 11 is 3.27. The molecule has 8 heteroatoms. The lowest BCUT2D eigenvalue weighted by atomic mass is 10.1. The van der Waals surface area contributed by atoms with Crippen LogP contribution in [-0.2, 0) is 16.6 Å². The molecule has 7 nitrogen and oxygen atoms in total. The van der Waals surface area contributed by atoms with Gasteiger partial charge in [-0.05, 0) is 28.8 Å². The van der Waals surface area contributed by atoms with Crippen LogP contribution in [0.25, 0.3) is 0 Å². The highest BCUT2D eigenvalue weighted by atomic mass is 79.9. The van der Waals surface area contributed by atoms with Crippen LogP contribution in [0, 0.1) is 0 Å². The maximum Gasteiger partial charge on any atom is 0.323 e. The molecule has 0 unspecified atom stereocenters.